The third-order valence-electron chi connectivity index (χ3n) is 2.81. The molecule has 0 aliphatic carbocycles. The molecule has 0 spiro atoms. The summed E-state index contributed by atoms with van der Waals surface area (Å²) in [4.78, 5) is 17.6. The van der Waals surface area contributed by atoms with Crippen LogP contribution in [0, 0.1) is 0 Å². The SMILES string of the molecule is CCCCN(CCCC)c1ncccc1C=O. The first-order valence-electron chi connectivity index (χ1n) is 6.48. The van der Waals surface area contributed by atoms with Crippen molar-refractivity contribution >= 4 is 12.1 Å². The zero-order chi connectivity index (χ0) is 12.5. The Bertz CT molecular complexity index is 331. The third-order valence-corrected chi connectivity index (χ3v) is 2.81. The van der Waals surface area contributed by atoms with Crippen LogP contribution < -0.4 is 4.90 Å². The number of pyridine rings is 1. The van der Waals surface area contributed by atoms with Crippen molar-refractivity contribution in [2.75, 3.05) is 18.0 Å². The van der Waals surface area contributed by atoms with Crippen LogP contribution >= 0.6 is 0 Å². The van der Waals surface area contributed by atoms with Gasteiger partial charge in [-0.15, -0.1) is 0 Å². The number of aldehydes is 1. The number of hydrogen-bond donors (Lipinski definition) is 0. The first-order chi connectivity index (χ1) is 8.33. The maximum atomic E-state index is 11.0. The third kappa shape index (κ3) is 4.17. The Balaban J connectivity index is 2.82. The van der Waals surface area contributed by atoms with E-state index in [1.165, 1.54) is 0 Å². The van der Waals surface area contributed by atoms with Crippen LogP contribution in [0.25, 0.3) is 0 Å². The Morgan fingerprint density at radius 1 is 1.24 bits per heavy atom. The van der Waals surface area contributed by atoms with Crippen molar-refractivity contribution in [2.45, 2.75) is 39.5 Å². The molecule has 0 bridgehead atoms. The Morgan fingerprint density at radius 2 is 1.88 bits per heavy atom. The maximum Gasteiger partial charge on any atom is 0.153 e. The highest BCUT2D eigenvalue weighted by molar-refractivity contribution is 5.82. The molecule has 1 rings (SSSR count). The van der Waals surface area contributed by atoms with Crippen molar-refractivity contribution in [2.24, 2.45) is 0 Å². The average Bonchev–Trinajstić information content (AvgIpc) is 2.39. The lowest BCUT2D eigenvalue weighted by molar-refractivity contribution is 0.112. The summed E-state index contributed by atoms with van der Waals surface area (Å²) in [6, 6.07) is 3.64. The number of hydrogen-bond acceptors (Lipinski definition) is 3. The van der Waals surface area contributed by atoms with Crippen LogP contribution in [-0.2, 0) is 0 Å². The molecular weight excluding hydrogens is 212 g/mol. The molecule has 0 fully saturated rings. The van der Waals surface area contributed by atoms with Crippen LogP contribution in [0.3, 0.4) is 0 Å². The maximum absolute atomic E-state index is 11.0. The molecule has 0 aliphatic heterocycles. The minimum atomic E-state index is 0.694. The molecule has 3 heteroatoms. The topological polar surface area (TPSA) is 33.2 Å². The second-order valence-corrected chi connectivity index (χ2v) is 4.23. The van der Waals surface area contributed by atoms with Crippen LogP contribution in [-0.4, -0.2) is 24.4 Å². The van der Waals surface area contributed by atoms with E-state index < -0.39 is 0 Å². The van der Waals surface area contributed by atoms with Gasteiger partial charge in [0, 0.05) is 19.3 Å². The number of anilines is 1. The summed E-state index contributed by atoms with van der Waals surface area (Å²) in [5.74, 6) is 0.837. The van der Waals surface area contributed by atoms with Gasteiger partial charge in [0.2, 0.25) is 0 Å². The largest absolute Gasteiger partial charge is 0.356 e. The predicted molar refractivity (Wildman–Crippen MR) is 71.7 cm³/mol. The van der Waals surface area contributed by atoms with Crippen molar-refractivity contribution < 1.29 is 4.79 Å². The molecule has 0 radical (unpaired) electrons. The molecule has 0 aliphatic rings. The van der Waals surface area contributed by atoms with Gasteiger partial charge in [-0.05, 0) is 25.0 Å². The Morgan fingerprint density at radius 3 is 2.41 bits per heavy atom. The Kier molecular flexibility index (Phi) is 6.30. The quantitative estimate of drug-likeness (QED) is 0.647. The van der Waals surface area contributed by atoms with Gasteiger partial charge in [-0.25, -0.2) is 4.98 Å². The van der Waals surface area contributed by atoms with Gasteiger partial charge in [0.15, 0.2) is 6.29 Å². The summed E-state index contributed by atoms with van der Waals surface area (Å²) in [5.41, 5.74) is 0.694. The monoisotopic (exact) mass is 234 g/mol. The second kappa shape index (κ2) is 7.82. The van der Waals surface area contributed by atoms with Gasteiger partial charge in [-0.1, -0.05) is 26.7 Å². The van der Waals surface area contributed by atoms with Crippen molar-refractivity contribution in [3.8, 4) is 0 Å². The molecule has 0 saturated heterocycles. The van der Waals surface area contributed by atoms with E-state index in [1.54, 1.807) is 6.20 Å². The number of nitrogens with zero attached hydrogens (tertiary/aromatic N) is 2. The number of aromatic nitrogens is 1. The average molecular weight is 234 g/mol. The van der Waals surface area contributed by atoms with E-state index in [1.807, 2.05) is 12.1 Å². The van der Waals surface area contributed by atoms with Crippen LogP contribution in [0.1, 0.15) is 49.9 Å². The lowest BCUT2D eigenvalue weighted by atomic mass is 10.2. The smallest absolute Gasteiger partial charge is 0.153 e. The van der Waals surface area contributed by atoms with E-state index in [9.17, 15) is 4.79 Å². The highest BCUT2D eigenvalue weighted by atomic mass is 16.1. The fraction of sp³-hybridized carbons (Fsp3) is 0.571. The highest BCUT2D eigenvalue weighted by Crippen LogP contribution is 2.16. The van der Waals surface area contributed by atoms with Gasteiger partial charge in [0.1, 0.15) is 5.82 Å². The zero-order valence-electron chi connectivity index (χ0n) is 10.9. The van der Waals surface area contributed by atoms with Crippen LogP contribution in [0.15, 0.2) is 18.3 Å². The lowest BCUT2D eigenvalue weighted by Crippen LogP contribution is -2.27. The fourth-order valence-electron chi connectivity index (χ4n) is 1.79. The van der Waals surface area contributed by atoms with Gasteiger partial charge < -0.3 is 4.90 Å². The van der Waals surface area contributed by atoms with Gasteiger partial charge in [0.25, 0.3) is 0 Å². The first-order valence-corrected chi connectivity index (χ1v) is 6.48. The number of rotatable bonds is 8. The number of unbranched alkanes of at least 4 members (excludes halogenated alkanes) is 2. The van der Waals surface area contributed by atoms with E-state index in [4.69, 9.17) is 0 Å². The molecular formula is C14H22N2O. The van der Waals surface area contributed by atoms with E-state index in [-0.39, 0.29) is 0 Å². The molecule has 0 aromatic carbocycles. The van der Waals surface area contributed by atoms with E-state index in [2.05, 4.69) is 23.7 Å². The molecule has 1 aromatic rings. The molecule has 1 heterocycles. The van der Waals surface area contributed by atoms with Crippen LogP contribution in [0.2, 0.25) is 0 Å². The van der Waals surface area contributed by atoms with Gasteiger partial charge in [-0.3, -0.25) is 4.79 Å². The molecule has 94 valence electrons. The van der Waals surface area contributed by atoms with Gasteiger partial charge >= 0.3 is 0 Å². The summed E-state index contributed by atoms with van der Waals surface area (Å²) in [7, 11) is 0. The Hall–Kier alpha value is -1.38. The first kappa shape index (κ1) is 13.7. The summed E-state index contributed by atoms with van der Waals surface area (Å²) in [6.45, 7) is 6.32. The Labute approximate surface area is 104 Å². The minimum absolute atomic E-state index is 0.694. The van der Waals surface area contributed by atoms with Crippen molar-refractivity contribution in [3.05, 3.63) is 23.9 Å². The lowest BCUT2D eigenvalue weighted by Gasteiger charge is -2.24. The standard InChI is InChI=1S/C14H22N2O/c1-3-5-10-16(11-6-4-2)14-13(12-17)8-7-9-15-14/h7-9,12H,3-6,10-11H2,1-2H3. The molecule has 17 heavy (non-hydrogen) atoms. The summed E-state index contributed by atoms with van der Waals surface area (Å²) < 4.78 is 0. The molecule has 1 aromatic heterocycles. The summed E-state index contributed by atoms with van der Waals surface area (Å²) in [5, 5.41) is 0. The summed E-state index contributed by atoms with van der Waals surface area (Å²) in [6.07, 6.45) is 7.25. The number of carbonyl (C=O) groups is 1. The number of carbonyl (C=O) groups excluding carboxylic acids is 1. The molecule has 0 unspecified atom stereocenters. The van der Waals surface area contributed by atoms with Crippen molar-refractivity contribution in [1.29, 1.82) is 0 Å². The predicted octanol–water partition coefficient (Wildman–Crippen LogP) is 3.30. The molecule has 0 saturated carbocycles. The van der Waals surface area contributed by atoms with Crippen molar-refractivity contribution in [1.82, 2.24) is 4.98 Å². The van der Waals surface area contributed by atoms with Crippen LogP contribution in [0.5, 0.6) is 0 Å². The minimum Gasteiger partial charge on any atom is -0.356 e. The summed E-state index contributed by atoms with van der Waals surface area (Å²) >= 11 is 0. The molecule has 0 N–H and O–H groups in total. The highest BCUT2D eigenvalue weighted by Gasteiger charge is 2.10. The molecule has 3 nitrogen and oxygen atoms in total. The molecule has 0 atom stereocenters. The normalized spacial score (nSPS) is 10.2. The molecule has 0 amide bonds. The van der Waals surface area contributed by atoms with Crippen molar-refractivity contribution in [3.63, 3.8) is 0 Å². The van der Waals surface area contributed by atoms with E-state index in [0.717, 1.165) is 50.9 Å². The van der Waals surface area contributed by atoms with E-state index in [0.29, 0.717) is 5.56 Å². The van der Waals surface area contributed by atoms with Gasteiger partial charge in [-0.2, -0.15) is 0 Å². The fourth-order valence-corrected chi connectivity index (χ4v) is 1.79. The second-order valence-electron chi connectivity index (χ2n) is 4.23. The van der Waals surface area contributed by atoms with E-state index >= 15 is 0 Å². The van der Waals surface area contributed by atoms with Gasteiger partial charge in [0.05, 0.1) is 5.56 Å². The van der Waals surface area contributed by atoms with Crippen LogP contribution in [0.4, 0.5) is 5.82 Å². The zero-order valence-corrected chi connectivity index (χ0v) is 10.9.